The quantitative estimate of drug-likeness (QED) is 0.457. The Labute approximate surface area is 96.7 Å². The third kappa shape index (κ3) is 7.15. The van der Waals surface area contributed by atoms with Crippen molar-refractivity contribution in [2.75, 3.05) is 0 Å². The van der Waals surface area contributed by atoms with E-state index in [9.17, 15) is 0 Å². The minimum absolute atomic E-state index is 0.483. The summed E-state index contributed by atoms with van der Waals surface area (Å²) in [7, 11) is -0.754. The van der Waals surface area contributed by atoms with Gasteiger partial charge in [0, 0.05) is 8.80 Å². The fourth-order valence-corrected chi connectivity index (χ4v) is 4.06. The molecule has 0 aliphatic rings. The molecule has 0 fully saturated rings. The molecule has 0 aromatic carbocycles. The third-order valence-electron chi connectivity index (χ3n) is 2.61. The van der Waals surface area contributed by atoms with Gasteiger partial charge in [0.25, 0.3) is 0 Å². The zero-order valence-corrected chi connectivity index (χ0v) is 11.5. The van der Waals surface area contributed by atoms with E-state index in [1.807, 2.05) is 12.2 Å². The molecule has 0 rings (SSSR count). The average Bonchev–Trinajstić information content (AvgIpc) is 2.14. The minimum Gasteiger partial charge on any atom is -0.0991 e. The van der Waals surface area contributed by atoms with E-state index in [-0.39, 0.29) is 0 Å². The fourth-order valence-electron chi connectivity index (χ4n) is 1.48. The van der Waals surface area contributed by atoms with Crippen molar-refractivity contribution in [1.82, 2.24) is 0 Å². The van der Waals surface area contributed by atoms with Gasteiger partial charge in [0.15, 0.2) is 0 Å². The molecule has 0 spiro atoms. The van der Waals surface area contributed by atoms with Crippen LogP contribution >= 0.6 is 0 Å². The topological polar surface area (TPSA) is 0 Å². The lowest BCUT2D eigenvalue weighted by Crippen LogP contribution is -2.23. The molecule has 0 amide bonds. The highest BCUT2D eigenvalue weighted by atomic mass is 28.3. The van der Waals surface area contributed by atoms with Crippen LogP contribution in [0.3, 0.4) is 0 Å². The highest BCUT2D eigenvalue weighted by molar-refractivity contribution is 6.63. The van der Waals surface area contributed by atoms with Crippen molar-refractivity contribution >= 4 is 8.80 Å². The second kappa shape index (κ2) is 7.47. The summed E-state index contributed by atoms with van der Waals surface area (Å²) in [4.78, 5) is 0. The molecular weight excluding hydrogens is 196 g/mol. The SMILES string of the molecule is C=CC=CC[SiH](CC=CC=C)C(C)(C)C. The van der Waals surface area contributed by atoms with Crippen molar-refractivity contribution in [2.45, 2.75) is 37.9 Å². The van der Waals surface area contributed by atoms with E-state index in [4.69, 9.17) is 0 Å². The largest absolute Gasteiger partial charge is 0.0991 e. The van der Waals surface area contributed by atoms with Crippen molar-refractivity contribution < 1.29 is 0 Å². The van der Waals surface area contributed by atoms with Crippen LogP contribution in [0.5, 0.6) is 0 Å². The number of allylic oxidation sites excluding steroid dienone is 6. The molecule has 1 heteroatoms. The minimum atomic E-state index is -0.754. The maximum atomic E-state index is 3.70. The van der Waals surface area contributed by atoms with Crippen molar-refractivity contribution in [3.8, 4) is 0 Å². The normalized spacial score (nSPS) is 14.6. The van der Waals surface area contributed by atoms with Crippen LogP contribution in [0.4, 0.5) is 0 Å². The van der Waals surface area contributed by atoms with Gasteiger partial charge in [-0.3, -0.25) is 0 Å². The van der Waals surface area contributed by atoms with E-state index in [0.29, 0.717) is 5.04 Å². The van der Waals surface area contributed by atoms with Gasteiger partial charge in [-0.05, 0) is 17.1 Å². The molecule has 0 aliphatic carbocycles. The van der Waals surface area contributed by atoms with Gasteiger partial charge < -0.3 is 0 Å². The van der Waals surface area contributed by atoms with Gasteiger partial charge in [0.05, 0.1) is 0 Å². The number of hydrogen-bond acceptors (Lipinski definition) is 0. The summed E-state index contributed by atoms with van der Waals surface area (Å²) in [6, 6.07) is 2.49. The van der Waals surface area contributed by atoms with Crippen molar-refractivity contribution in [3.05, 3.63) is 49.6 Å². The van der Waals surface area contributed by atoms with Crippen LogP contribution in [0.25, 0.3) is 0 Å². The van der Waals surface area contributed by atoms with Crippen molar-refractivity contribution in [3.63, 3.8) is 0 Å². The predicted octanol–water partition coefficient (Wildman–Crippen LogP) is 4.50. The summed E-state index contributed by atoms with van der Waals surface area (Å²) in [5, 5.41) is 0.483. The summed E-state index contributed by atoms with van der Waals surface area (Å²) < 4.78 is 0. The van der Waals surface area contributed by atoms with Crippen LogP contribution in [0.1, 0.15) is 20.8 Å². The summed E-state index contributed by atoms with van der Waals surface area (Å²) in [5.41, 5.74) is 0. The lowest BCUT2D eigenvalue weighted by Gasteiger charge is -2.27. The lowest BCUT2D eigenvalue weighted by molar-refractivity contribution is 0.733. The Kier molecular flexibility index (Phi) is 7.06. The Balaban J connectivity index is 4.31. The fraction of sp³-hybridized carbons (Fsp3) is 0.429. The van der Waals surface area contributed by atoms with E-state index in [2.05, 4.69) is 58.2 Å². The molecular formula is C14H24Si. The molecule has 0 N–H and O–H groups in total. The monoisotopic (exact) mass is 220 g/mol. The maximum Gasteiger partial charge on any atom is 0.0498 e. The predicted molar refractivity (Wildman–Crippen MR) is 75.2 cm³/mol. The van der Waals surface area contributed by atoms with Crippen LogP contribution in [-0.2, 0) is 0 Å². The van der Waals surface area contributed by atoms with Crippen LogP contribution in [0, 0.1) is 0 Å². The average molecular weight is 220 g/mol. The zero-order chi connectivity index (χ0) is 11.7. The number of rotatable bonds is 6. The third-order valence-corrected chi connectivity index (χ3v) is 6.74. The smallest absolute Gasteiger partial charge is 0.0498 e. The first-order chi connectivity index (χ1) is 7.02. The Morgan fingerprint density at radius 1 is 0.933 bits per heavy atom. The molecule has 0 bridgehead atoms. The number of hydrogen-bond donors (Lipinski definition) is 0. The first-order valence-electron chi connectivity index (χ1n) is 5.57. The van der Waals surface area contributed by atoms with Gasteiger partial charge in [-0.2, -0.15) is 0 Å². The van der Waals surface area contributed by atoms with Gasteiger partial charge in [-0.25, -0.2) is 0 Å². The van der Waals surface area contributed by atoms with E-state index in [1.165, 1.54) is 12.1 Å². The van der Waals surface area contributed by atoms with Gasteiger partial charge in [-0.15, -0.1) is 0 Å². The Bertz CT molecular complexity index is 221. The van der Waals surface area contributed by atoms with Crippen LogP contribution < -0.4 is 0 Å². The molecule has 0 saturated heterocycles. The summed E-state index contributed by atoms with van der Waals surface area (Å²) >= 11 is 0. The first-order valence-corrected chi connectivity index (χ1v) is 7.78. The molecule has 0 radical (unpaired) electrons. The highest BCUT2D eigenvalue weighted by Crippen LogP contribution is 2.32. The van der Waals surface area contributed by atoms with Gasteiger partial charge in [0.1, 0.15) is 0 Å². The molecule has 0 saturated carbocycles. The maximum absolute atomic E-state index is 3.70. The molecule has 15 heavy (non-hydrogen) atoms. The molecule has 0 aromatic heterocycles. The van der Waals surface area contributed by atoms with Crippen molar-refractivity contribution in [2.24, 2.45) is 0 Å². The van der Waals surface area contributed by atoms with Gasteiger partial charge in [-0.1, -0.05) is 70.4 Å². The van der Waals surface area contributed by atoms with E-state index in [1.54, 1.807) is 0 Å². The van der Waals surface area contributed by atoms with E-state index in [0.717, 1.165) is 0 Å². The van der Waals surface area contributed by atoms with E-state index < -0.39 is 8.80 Å². The Morgan fingerprint density at radius 2 is 1.33 bits per heavy atom. The summed E-state index contributed by atoms with van der Waals surface area (Å²) in [6.45, 7) is 14.5. The second-order valence-corrected chi connectivity index (χ2v) is 8.93. The van der Waals surface area contributed by atoms with Crippen molar-refractivity contribution in [1.29, 1.82) is 0 Å². The summed E-state index contributed by atoms with van der Waals surface area (Å²) in [5.74, 6) is 0. The molecule has 0 heterocycles. The highest BCUT2D eigenvalue weighted by Gasteiger charge is 2.23. The molecule has 0 nitrogen and oxygen atoms in total. The van der Waals surface area contributed by atoms with Gasteiger partial charge >= 0.3 is 0 Å². The second-order valence-electron chi connectivity index (χ2n) is 4.86. The van der Waals surface area contributed by atoms with Crippen LogP contribution in [0.15, 0.2) is 49.6 Å². The van der Waals surface area contributed by atoms with Crippen LogP contribution in [-0.4, -0.2) is 8.80 Å². The zero-order valence-electron chi connectivity index (χ0n) is 10.4. The molecule has 0 atom stereocenters. The molecule has 0 aromatic rings. The first kappa shape index (κ1) is 14.2. The van der Waals surface area contributed by atoms with Gasteiger partial charge in [0.2, 0.25) is 0 Å². The summed E-state index contributed by atoms with van der Waals surface area (Å²) in [6.07, 6.45) is 12.3. The lowest BCUT2D eigenvalue weighted by atomic mass is 10.2. The molecule has 0 unspecified atom stereocenters. The Hall–Kier alpha value is -0.823. The Morgan fingerprint density at radius 3 is 1.60 bits per heavy atom. The molecule has 84 valence electrons. The van der Waals surface area contributed by atoms with Crippen LogP contribution in [0.2, 0.25) is 17.1 Å². The molecule has 0 aliphatic heterocycles. The van der Waals surface area contributed by atoms with E-state index >= 15 is 0 Å². The standard InChI is InChI=1S/C14H24Si/c1-6-8-10-12-15(14(3,4)5)13-11-9-7-2/h6-11,15H,1-2,12-13H2,3-5H3.